The van der Waals surface area contributed by atoms with E-state index in [-0.39, 0.29) is 50.9 Å². The first-order chi connectivity index (χ1) is 22.2. The van der Waals surface area contributed by atoms with Gasteiger partial charge in [0, 0.05) is 5.39 Å². The molecule has 0 saturated heterocycles. The van der Waals surface area contributed by atoms with Crippen LogP contribution in [0.25, 0.3) is 10.8 Å². The Morgan fingerprint density at radius 3 is 2.34 bits per heavy atom. The zero-order valence-corrected chi connectivity index (χ0v) is 26.5. The Morgan fingerprint density at radius 1 is 0.979 bits per heavy atom. The molecule has 0 fully saturated rings. The van der Waals surface area contributed by atoms with Crippen molar-refractivity contribution in [3.05, 3.63) is 59.5 Å². The van der Waals surface area contributed by atoms with Crippen LogP contribution in [-0.4, -0.2) is 59.3 Å². The van der Waals surface area contributed by atoms with Crippen LogP contribution in [0.3, 0.4) is 0 Å². The number of sulfone groups is 1. The fraction of sp³-hybridized carbons (Fsp3) is 0.0909. The predicted octanol–water partition coefficient (Wildman–Crippen LogP) is 5.88. The van der Waals surface area contributed by atoms with E-state index in [0.717, 1.165) is 12.1 Å². The van der Waals surface area contributed by atoms with Gasteiger partial charge in [-0.05, 0) is 47.9 Å². The largest absolute Gasteiger partial charge is 0.505 e. The Labute approximate surface area is 275 Å². The summed E-state index contributed by atoms with van der Waals surface area (Å²) >= 11 is 6.29. The third-order valence-corrected chi connectivity index (χ3v) is 9.54. The molecule has 18 nitrogen and oxygen atoms in total. The van der Waals surface area contributed by atoms with Crippen molar-refractivity contribution >= 4 is 89.6 Å². The number of aromatic nitrogens is 2. The van der Waals surface area contributed by atoms with Crippen molar-refractivity contribution in [2.45, 2.75) is 14.7 Å². The maximum atomic E-state index is 13.9. The lowest BCUT2D eigenvalue weighted by Crippen LogP contribution is -2.10. The lowest BCUT2D eigenvalue weighted by molar-refractivity contribution is -0.434. The van der Waals surface area contributed by atoms with Crippen LogP contribution >= 0.6 is 36.0 Å². The monoisotopic (exact) mass is 759 g/mol. The summed E-state index contributed by atoms with van der Waals surface area (Å²) in [6.07, 6.45) is -1.56. The van der Waals surface area contributed by atoms with Gasteiger partial charge < -0.3 is 10.4 Å². The molecule has 0 bridgehead atoms. The molecule has 252 valence electrons. The van der Waals surface area contributed by atoms with E-state index in [4.69, 9.17) is 26.3 Å². The number of benzene rings is 3. The summed E-state index contributed by atoms with van der Waals surface area (Å²) in [5, 5.41) is 43.9. The number of hydrogen-bond donors (Lipinski definition) is 5. The van der Waals surface area contributed by atoms with Crippen molar-refractivity contribution in [1.29, 1.82) is 0 Å². The minimum atomic E-state index is -5.03. The highest BCUT2D eigenvalue weighted by molar-refractivity contribution is 7.94. The third kappa shape index (κ3) is 9.16. The second kappa shape index (κ2) is 15.7. The number of rotatable bonds is 15. The molecule has 5 N–H and O–H groups in total. The van der Waals surface area contributed by atoms with Crippen LogP contribution in [0, 0.1) is 12.0 Å². The number of aromatic hydroxyl groups is 1. The summed E-state index contributed by atoms with van der Waals surface area (Å²) in [5.41, 5.74) is -0.795. The lowest BCUT2D eigenvalue weighted by Gasteiger charge is -2.15. The van der Waals surface area contributed by atoms with Crippen LogP contribution in [0.15, 0.2) is 67.4 Å². The normalized spacial score (nSPS) is 12.3. The molecule has 0 saturated carbocycles. The summed E-state index contributed by atoms with van der Waals surface area (Å²) in [6.45, 7) is -0.317. The minimum Gasteiger partial charge on any atom is -0.505 e. The first-order valence-corrected chi connectivity index (χ1v) is 16.8. The molecule has 0 amide bonds. The van der Waals surface area contributed by atoms with Crippen molar-refractivity contribution in [3.63, 3.8) is 0 Å². The van der Waals surface area contributed by atoms with Crippen LogP contribution < -0.4 is 5.32 Å². The summed E-state index contributed by atoms with van der Waals surface area (Å²) in [7, 11) is -8.85. The zero-order chi connectivity index (χ0) is 34.4. The van der Waals surface area contributed by atoms with Crippen LogP contribution in [0.5, 0.6) is 5.75 Å². The van der Waals surface area contributed by atoms with E-state index in [1.54, 1.807) is 0 Å². The van der Waals surface area contributed by atoms with E-state index in [9.17, 15) is 35.3 Å². The number of phenols is 1. The van der Waals surface area contributed by atoms with Gasteiger partial charge in [-0.3, -0.25) is 8.74 Å². The van der Waals surface area contributed by atoms with E-state index in [1.165, 1.54) is 30.3 Å². The number of anilines is 2. The number of nitrogens with one attached hydrogen (secondary N) is 1. The summed E-state index contributed by atoms with van der Waals surface area (Å²) < 4.78 is 100.0. The fourth-order valence-electron chi connectivity index (χ4n) is 3.66. The van der Waals surface area contributed by atoms with Gasteiger partial charge in [0.25, 0.3) is 10.1 Å². The number of azo groups is 1. The van der Waals surface area contributed by atoms with E-state index < -0.39 is 64.9 Å². The Bertz CT molecular complexity index is 2030. The van der Waals surface area contributed by atoms with Gasteiger partial charge in [0.2, 0.25) is 5.95 Å². The van der Waals surface area contributed by atoms with E-state index in [1.807, 2.05) is 0 Å². The summed E-state index contributed by atoms with van der Waals surface area (Å²) in [5.74, 6) is -3.34. The molecule has 47 heavy (non-hydrogen) atoms. The SMILES string of the molecule is O=S(=O)(O)c1cc2cc(SOOO)c(N=Nc3ccc(S(=O)(=O)CCOSOOO)cc3)c(O)c2cc1Nc1nc(F)nc(F)c1Cl. The molecule has 0 aliphatic carbocycles. The predicted molar refractivity (Wildman–Crippen MR) is 157 cm³/mol. The molecular formula is C22H16ClF2N5O13S4. The topological polar surface area (TPSA) is 258 Å². The van der Waals surface area contributed by atoms with E-state index >= 15 is 0 Å². The summed E-state index contributed by atoms with van der Waals surface area (Å²) in [4.78, 5) is 5.01. The third-order valence-electron chi connectivity index (χ3n) is 5.62. The van der Waals surface area contributed by atoms with Crippen LogP contribution in [0.2, 0.25) is 5.02 Å². The highest BCUT2D eigenvalue weighted by atomic mass is 35.5. The van der Waals surface area contributed by atoms with Gasteiger partial charge in [-0.15, -0.1) is 13.8 Å². The number of hydrogen-bond acceptors (Lipinski definition) is 19. The molecule has 3 aromatic carbocycles. The Morgan fingerprint density at radius 2 is 1.68 bits per heavy atom. The quantitative estimate of drug-likeness (QED) is 0.0139. The van der Waals surface area contributed by atoms with Gasteiger partial charge in [-0.1, -0.05) is 21.7 Å². The van der Waals surface area contributed by atoms with Crippen molar-refractivity contribution in [2.75, 3.05) is 17.7 Å². The second-order valence-electron chi connectivity index (χ2n) is 8.46. The van der Waals surface area contributed by atoms with Gasteiger partial charge in [0.05, 0.1) is 45.6 Å². The fourth-order valence-corrected chi connectivity index (χ4v) is 6.36. The van der Waals surface area contributed by atoms with Gasteiger partial charge in [0.1, 0.15) is 15.6 Å². The second-order valence-corrected chi connectivity index (χ2v) is 13.6. The highest BCUT2D eigenvalue weighted by Gasteiger charge is 2.24. The Kier molecular flexibility index (Phi) is 12.2. The maximum absolute atomic E-state index is 13.9. The van der Waals surface area contributed by atoms with Crippen molar-refractivity contribution < 1.29 is 68.7 Å². The number of fused-ring (bicyclic) bond motifs is 1. The molecule has 4 rings (SSSR count). The van der Waals surface area contributed by atoms with Crippen LogP contribution in [0.4, 0.5) is 31.7 Å². The number of phenolic OH excluding ortho intramolecular Hbond substituents is 1. The average molecular weight is 760 g/mol. The maximum Gasteiger partial charge on any atom is 0.313 e. The van der Waals surface area contributed by atoms with Gasteiger partial charge >= 0.3 is 6.08 Å². The molecule has 25 heteroatoms. The molecular weight excluding hydrogens is 744 g/mol. The molecule has 1 heterocycles. The standard InChI is InChI=1S/C22H16ClF2N5O13S4/c23-17-20(24)27-22(25)28-21(17)26-14-9-13-10(8-16(14)47(36,37)38)7-15(44-42-40-32)18(19(13)31)30-29-11-1-3-12(4-2-11)46(34,35)6-5-39-45-43-41-33/h1-4,7-9,31-33H,5-6H2,(H,26,27,28)(H,36,37,38). The van der Waals surface area contributed by atoms with Gasteiger partial charge in [0.15, 0.2) is 33.7 Å². The van der Waals surface area contributed by atoms with Crippen LogP contribution in [0.1, 0.15) is 0 Å². The molecule has 0 aliphatic heterocycles. The molecule has 1 aromatic heterocycles. The molecule has 0 atom stereocenters. The smallest absolute Gasteiger partial charge is 0.313 e. The van der Waals surface area contributed by atoms with Crippen LogP contribution in [-0.2, 0) is 42.9 Å². The van der Waals surface area contributed by atoms with Gasteiger partial charge in [-0.25, -0.2) is 18.9 Å². The van der Waals surface area contributed by atoms with Crippen molar-refractivity contribution in [3.8, 4) is 5.75 Å². The number of halogens is 3. The van der Waals surface area contributed by atoms with E-state index in [2.05, 4.69) is 44.3 Å². The van der Waals surface area contributed by atoms with Crippen molar-refractivity contribution in [1.82, 2.24) is 9.97 Å². The molecule has 0 aliphatic rings. The van der Waals surface area contributed by atoms with Gasteiger partial charge in [-0.2, -0.15) is 32.3 Å². The zero-order valence-electron chi connectivity index (χ0n) is 22.5. The first-order valence-electron chi connectivity index (χ1n) is 11.9. The van der Waals surface area contributed by atoms with Crippen molar-refractivity contribution in [2.24, 2.45) is 10.2 Å². The molecule has 0 spiro atoms. The minimum absolute atomic E-state index is 0.0674. The Hall–Kier alpha value is -3.37. The molecule has 0 unspecified atom stereocenters. The average Bonchev–Trinajstić information content (AvgIpc) is 3.01. The van der Waals surface area contributed by atoms with E-state index in [0.29, 0.717) is 12.0 Å². The molecule has 0 radical (unpaired) electrons. The highest BCUT2D eigenvalue weighted by Crippen LogP contribution is 2.46. The Balaban J connectivity index is 1.74. The molecule has 4 aromatic rings. The summed E-state index contributed by atoms with van der Waals surface area (Å²) in [6, 6.07) is 7.99. The first kappa shape index (κ1) is 36.5. The number of nitrogens with zero attached hydrogens (tertiary/aromatic N) is 4. The lowest BCUT2D eigenvalue weighted by atomic mass is 10.1.